The summed E-state index contributed by atoms with van der Waals surface area (Å²) in [5, 5.41) is 0. The van der Waals surface area contributed by atoms with E-state index in [1.54, 1.807) is 5.56 Å². The molecule has 1 aliphatic rings. The van der Waals surface area contributed by atoms with E-state index in [9.17, 15) is 0 Å². The van der Waals surface area contributed by atoms with Crippen LogP contribution in [0.15, 0.2) is 30.5 Å². The van der Waals surface area contributed by atoms with Gasteiger partial charge in [-0.2, -0.15) is 0 Å². The van der Waals surface area contributed by atoms with E-state index in [-0.39, 0.29) is 0 Å². The lowest BCUT2D eigenvalue weighted by atomic mass is 9.95. The summed E-state index contributed by atoms with van der Waals surface area (Å²) < 4.78 is 0. The molecule has 0 atom stereocenters. The molecule has 0 spiro atoms. The first-order valence-electron chi connectivity index (χ1n) is 6.40. The predicted molar refractivity (Wildman–Crippen MR) is 69.8 cm³/mol. The molecule has 1 aromatic heterocycles. The maximum absolute atomic E-state index is 3.47. The highest BCUT2D eigenvalue weighted by Gasteiger charge is 2.16. The molecule has 0 bridgehead atoms. The third-order valence-corrected chi connectivity index (χ3v) is 3.22. The van der Waals surface area contributed by atoms with Crippen LogP contribution in [0.1, 0.15) is 49.4 Å². The highest BCUT2D eigenvalue weighted by molar-refractivity contribution is 5.42. The summed E-state index contributed by atoms with van der Waals surface area (Å²) in [6, 6.07) is 0. The zero-order valence-corrected chi connectivity index (χ0v) is 10.3. The van der Waals surface area contributed by atoms with Gasteiger partial charge in [-0.25, -0.2) is 0 Å². The Morgan fingerprint density at radius 1 is 1.06 bits per heavy atom. The second-order valence-electron chi connectivity index (χ2n) is 4.50. The summed E-state index contributed by atoms with van der Waals surface area (Å²) in [6.07, 6.45) is 15.9. The smallest absolute Gasteiger partial charge is 0.0222 e. The Labute approximate surface area is 98.3 Å². The average molecular weight is 215 g/mol. The molecule has 0 aromatic carbocycles. The molecule has 16 heavy (non-hydrogen) atoms. The molecule has 1 nitrogen and oxygen atoms in total. The largest absolute Gasteiger partial charge is 0.364 e. The van der Waals surface area contributed by atoms with Gasteiger partial charge in [0.1, 0.15) is 0 Å². The Morgan fingerprint density at radius 3 is 2.38 bits per heavy atom. The highest BCUT2D eigenvalue weighted by atomic mass is 14.7. The van der Waals surface area contributed by atoms with Gasteiger partial charge in [-0.1, -0.05) is 51.0 Å². The molecular weight excluding hydrogens is 194 g/mol. The monoisotopic (exact) mass is 215 g/mol. The molecule has 0 aliphatic heterocycles. The summed E-state index contributed by atoms with van der Waals surface area (Å²) in [7, 11) is 0. The summed E-state index contributed by atoms with van der Waals surface area (Å²) in [4.78, 5) is 3.47. The quantitative estimate of drug-likeness (QED) is 0.760. The number of hydrogen-bond acceptors (Lipinski definition) is 0. The molecule has 0 fully saturated rings. The average Bonchev–Trinajstić information content (AvgIpc) is 2.89. The Bertz CT molecular complexity index is 384. The van der Waals surface area contributed by atoms with Gasteiger partial charge in [0, 0.05) is 17.8 Å². The zero-order chi connectivity index (χ0) is 11.4. The molecule has 0 saturated carbocycles. The number of hydrogen-bond donors (Lipinski definition) is 1. The van der Waals surface area contributed by atoms with Gasteiger partial charge in [-0.15, -0.1) is 0 Å². The van der Waals surface area contributed by atoms with Crippen LogP contribution in [0, 0.1) is 0 Å². The topological polar surface area (TPSA) is 15.8 Å². The van der Waals surface area contributed by atoms with E-state index in [1.165, 1.54) is 36.9 Å². The standard InChI is InChI=1S/C15H21N/c1-3-7-13-14(12-9-5-6-10-12)11-16-15(13)8-4-2/h5-6,9-12,16H,3-4,7-8H2,1-2H3. The van der Waals surface area contributed by atoms with Crippen molar-refractivity contribution >= 4 is 0 Å². The van der Waals surface area contributed by atoms with E-state index < -0.39 is 0 Å². The zero-order valence-electron chi connectivity index (χ0n) is 10.3. The molecule has 1 heterocycles. The van der Waals surface area contributed by atoms with E-state index in [0.29, 0.717) is 5.92 Å². The fourth-order valence-corrected chi connectivity index (χ4v) is 2.47. The van der Waals surface area contributed by atoms with Crippen molar-refractivity contribution in [3.05, 3.63) is 47.3 Å². The van der Waals surface area contributed by atoms with Gasteiger partial charge >= 0.3 is 0 Å². The second-order valence-corrected chi connectivity index (χ2v) is 4.50. The number of nitrogens with one attached hydrogen (secondary N) is 1. The van der Waals surface area contributed by atoms with Crippen molar-refractivity contribution in [3.63, 3.8) is 0 Å². The third kappa shape index (κ3) is 2.13. The third-order valence-electron chi connectivity index (χ3n) is 3.22. The van der Waals surface area contributed by atoms with Gasteiger partial charge in [-0.05, 0) is 24.0 Å². The number of rotatable bonds is 5. The van der Waals surface area contributed by atoms with Crippen molar-refractivity contribution in [1.82, 2.24) is 4.98 Å². The van der Waals surface area contributed by atoms with Gasteiger partial charge in [0.15, 0.2) is 0 Å². The van der Waals surface area contributed by atoms with Crippen molar-refractivity contribution in [2.75, 3.05) is 0 Å². The first-order valence-corrected chi connectivity index (χ1v) is 6.40. The van der Waals surface area contributed by atoms with Gasteiger partial charge < -0.3 is 4.98 Å². The maximum Gasteiger partial charge on any atom is 0.0222 e. The van der Waals surface area contributed by atoms with Crippen LogP contribution in [0.25, 0.3) is 0 Å². The summed E-state index contributed by atoms with van der Waals surface area (Å²) in [6.45, 7) is 4.50. The van der Waals surface area contributed by atoms with Crippen LogP contribution in [0.4, 0.5) is 0 Å². The van der Waals surface area contributed by atoms with E-state index >= 15 is 0 Å². The second kappa shape index (κ2) is 5.20. The molecular formula is C15H21N. The van der Waals surface area contributed by atoms with Crippen molar-refractivity contribution in [2.45, 2.75) is 45.4 Å². The number of aromatic nitrogens is 1. The van der Waals surface area contributed by atoms with E-state index in [0.717, 1.165) is 0 Å². The number of aryl methyl sites for hydroxylation is 1. The molecule has 0 unspecified atom stereocenters. The molecule has 1 N–H and O–H groups in total. The molecule has 0 radical (unpaired) electrons. The minimum atomic E-state index is 0.503. The summed E-state index contributed by atoms with van der Waals surface area (Å²) >= 11 is 0. The van der Waals surface area contributed by atoms with Gasteiger partial charge in [0.2, 0.25) is 0 Å². The minimum absolute atomic E-state index is 0.503. The van der Waals surface area contributed by atoms with Crippen molar-refractivity contribution in [1.29, 1.82) is 0 Å². The number of allylic oxidation sites excluding steroid dienone is 4. The van der Waals surface area contributed by atoms with E-state index in [2.05, 4.69) is 49.3 Å². The van der Waals surface area contributed by atoms with Crippen molar-refractivity contribution in [2.24, 2.45) is 0 Å². The van der Waals surface area contributed by atoms with E-state index in [4.69, 9.17) is 0 Å². The van der Waals surface area contributed by atoms with Gasteiger partial charge in [0.05, 0.1) is 0 Å². The molecule has 1 aromatic rings. The molecule has 1 aliphatic carbocycles. The van der Waals surface area contributed by atoms with Crippen LogP contribution in [0.3, 0.4) is 0 Å². The number of H-pyrrole nitrogens is 1. The molecule has 0 saturated heterocycles. The minimum Gasteiger partial charge on any atom is -0.364 e. The van der Waals surface area contributed by atoms with Crippen LogP contribution in [0.5, 0.6) is 0 Å². The first-order chi connectivity index (χ1) is 7.86. The van der Waals surface area contributed by atoms with Crippen LogP contribution >= 0.6 is 0 Å². The predicted octanol–water partition coefficient (Wildman–Crippen LogP) is 4.13. The lowest BCUT2D eigenvalue weighted by Crippen LogP contribution is -1.97. The van der Waals surface area contributed by atoms with Crippen molar-refractivity contribution < 1.29 is 0 Å². The Kier molecular flexibility index (Phi) is 3.66. The summed E-state index contributed by atoms with van der Waals surface area (Å²) in [5.74, 6) is 0.503. The van der Waals surface area contributed by atoms with Crippen LogP contribution < -0.4 is 0 Å². The fraction of sp³-hybridized carbons (Fsp3) is 0.467. The Balaban J connectivity index is 2.29. The van der Waals surface area contributed by atoms with Gasteiger partial charge in [-0.3, -0.25) is 0 Å². The fourth-order valence-electron chi connectivity index (χ4n) is 2.47. The van der Waals surface area contributed by atoms with Crippen LogP contribution in [-0.4, -0.2) is 4.98 Å². The number of aromatic amines is 1. The highest BCUT2D eigenvalue weighted by Crippen LogP contribution is 2.29. The molecule has 86 valence electrons. The first kappa shape index (κ1) is 11.3. The van der Waals surface area contributed by atoms with Gasteiger partial charge in [0.25, 0.3) is 0 Å². The lowest BCUT2D eigenvalue weighted by molar-refractivity contribution is 0.838. The van der Waals surface area contributed by atoms with Crippen molar-refractivity contribution in [3.8, 4) is 0 Å². The SMILES string of the molecule is CCCc1[nH]cc(C2C=CC=C2)c1CCC. The normalized spacial score (nSPS) is 15.1. The van der Waals surface area contributed by atoms with Crippen LogP contribution in [0.2, 0.25) is 0 Å². The summed E-state index contributed by atoms with van der Waals surface area (Å²) in [5.41, 5.74) is 4.49. The van der Waals surface area contributed by atoms with Crippen LogP contribution in [-0.2, 0) is 12.8 Å². The molecule has 0 amide bonds. The Hall–Kier alpha value is -1.24. The maximum atomic E-state index is 3.47. The Morgan fingerprint density at radius 2 is 1.75 bits per heavy atom. The van der Waals surface area contributed by atoms with E-state index in [1.807, 2.05) is 0 Å². The molecule has 2 rings (SSSR count). The molecule has 1 heteroatoms. The lowest BCUT2D eigenvalue weighted by Gasteiger charge is -2.09.